The van der Waals surface area contributed by atoms with Crippen LogP contribution in [0.15, 0.2) is 18.5 Å². The number of aromatic nitrogens is 2. The first kappa shape index (κ1) is 14.9. The molecule has 4 heteroatoms. The summed E-state index contributed by atoms with van der Waals surface area (Å²) >= 11 is 0. The third-order valence-corrected chi connectivity index (χ3v) is 5.02. The molecule has 1 aliphatic heterocycles. The molecular weight excluding hydrogens is 260 g/mol. The molecule has 2 atom stereocenters. The lowest BCUT2D eigenvalue weighted by Gasteiger charge is -2.43. The van der Waals surface area contributed by atoms with E-state index >= 15 is 0 Å². The maximum atomic E-state index is 4.50. The highest BCUT2D eigenvalue weighted by Crippen LogP contribution is 2.40. The average Bonchev–Trinajstić information content (AvgIpc) is 2.72. The van der Waals surface area contributed by atoms with Gasteiger partial charge in [0, 0.05) is 24.5 Å². The van der Waals surface area contributed by atoms with Gasteiger partial charge in [-0.1, -0.05) is 12.8 Å². The van der Waals surface area contributed by atoms with Crippen LogP contribution >= 0.6 is 0 Å². The summed E-state index contributed by atoms with van der Waals surface area (Å²) in [6.45, 7) is 3.50. The zero-order valence-electron chi connectivity index (χ0n) is 13.1. The topological polar surface area (TPSA) is 49.8 Å². The molecule has 116 valence electrons. The molecule has 3 rings (SSSR count). The van der Waals surface area contributed by atoms with E-state index < -0.39 is 0 Å². The molecule has 2 fully saturated rings. The van der Waals surface area contributed by atoms with Gasteiger partial charge in [0.15, 0.2) is 0 Å². The number of rotatable bonds is 5. The molecule has 2 N–H and O–H groups in total. The van der Waals surface area contributed by atoms with Crippen LogP contribution in [0.5, 0.6) is 0 Å². The van der Waals surface area contributed by atoms with Gasteiger partial charge in [0.2, 0.25) is 0 Å². The van der Waals surface area contributed by atoms with Gasteiger partial charge in [-0.3, -0.25) is 0 Å². The summed E-state index contributed by atoms with van der Waals surface area (Å²) in [4.78, 5) is 9.00. The fraction of sp³-hybridized carbons (Fsp3) is 0.765. The van der Waals surface area contributed by atoms with E-state index in [-0.39, 0.29) is 5.54 Å². The maximum Gasteiger partial charge on any atom is 0.148 e. The van der Waals surface area contributed by atoms with Crippen molar-refractivity contribution in [3.05, 3.63) is 24.3 Å². The molecule has 0 bridgehead atoms. The Morgan fingerprint density at radius 1 is 1.24 bits per heavy atom. The van der Waals surface area contributed by atoms with Gasteiger partial charge in [-0.2, -0.15) is 0 Å². The largest absolute Gasteiger partial charge is 0.314 e. The fourth-order valence-corrected chi connectivity index (χ4v) is 3.77. The summed E-state index contributed by atoms with van der Waals surface area (Å²) in [5, 5.41) is 7.55. The van der Waals surface area contributed by atoms with Gasteiger partial charge in [-0.05, 0) is 58.1 Å². The molecular formula is C17H28N4. The second kappa shape index (κ2) is 6.84. The number of hydrogen-bond acceptors (Lipinski definition) is 4. The smallest absolute Gasteiger partial charge is 0.148 e. The monoisotopic (exact) mass is 288 g/mol. The minimum absolute atomic E-state index is 0.0331. The minimum atomic E-state index is 0.0331. The predicted molar refractivity (Wildman–Crippen MR) is 85.0 cm³/mol. The van der Waals surface area contributed by atoms with Crippen molar-refractivity contribution in [3.63, 3.8) is 0 Å². The summed E-state index contributed by atoms with van der Waals surface area (Å²) in [7, 11) is 0. The Kier molecular flexibility index (Phi) is 4.86. The Morgan fingerprint density at radius 3 is 2.76 bits per heavy atom. The fourth-order valence-electron chi connectivity index (χ4n) is 3.77. The van der Waals surface area contributed by atoms with E-state index in [0.29, 0.717) is 12.1 Å². The normalized spacial score (nSPS) is 26.6. The van der Waals surface area contributed by atoms with Gasteiger partial charge in [0.05, 0.1) is 5.54 Å². The summed E-state index contributed by atoms with van der Waals surface area (Å²) < 4.78 is 0. The number of hydrogen-bond donors (Lipinski definition) is 2. The summed E-state index contributed by atoms with van der Waals surface area (Å²) in [5.74, 6) is 0.983. The van der Waals surface area contributed by atoms with Crippen LogP contribution in [-0.2, 0) is 5.54 Å². The third-order valence-electron chi connectivity index (χ3n) is 5.02. The van der Waals surface area contributed by atoms with E-state index in [0.717, 1.165) is 5.82 Å². The molecule has 1 aromatic rings. The minimum Gasteiger partial charge on any atom is -0.314 e. The second-order valence-electron chi connectivity index (χ2n) is 6.79. The van der Waals surface area contributed by atoms with Gasteiger partial charge < -0.3 is 10.6 Å². The van der Waals surface area contributed by atoms with Crippen LogP contribution < -0.4 is 10.6 Å². The first-order valence-corrected chi connectivity index (χ1v) is 8.57. The quantitative estimate of drug-likeness (QED) is 0.875. The summed E-state index contributed by atoms with van der Waals surface area (Å²) in [6.07, 6.45) is 13.9. The molecule has 4 nitrogen and oxygen atoms in total. The molecule has 1 aromatic heterocycles. The van der Waals surface area contributed by atoms with Crippen molar-refractivity contribution >= 4 is 0 Å². The highest BCUT2D eigenvalue weighted by molar-refractivity contribution is 5.12. The highest BCUT2D eigenvalue weighted by atomic mass is 15.1. The van der Waals surface area contributed by atoms with Crippen molar-refractivity contribution in [2.24, 2.45) is 0 Å². The standard InChI is InChI=1S/C17H28N4/c1-14(13-15-7-3-2-4-10-18-15)21-17(8-5-9-17)16-19-11-6-12-20-16/h6,11-12,14-15,18,21H,2-5,7-10,13H2,1H3. The van der Waals surface area contributed by atoms with Crippen molar-refractivity contribution in [2.75, 3.05) is 6.54 Å². The van der Waals surface area contributed by atoms with E-state index in [1.165, 1.54) is 57.9 Å². The maximum absolute atomic E-state index is 4.50. The molecule has 2 unspecified atom stereocenters. The van der Waals surface area contributed by atoms with E-state index in [1.807, 2.05) is 18.5 Å². The lowest BCUT2D eigenvalue weighted by molar-refractivity contribution is 0.148. The Bertz CT molecular complexity index is 422. The zero-order valence-corrected chi connectivity index (χ0v) is 13.1. The van der Waals surface area contributed by atoms with Crippen LogP contribution in [0.4, 0.5) is 0 Å². The molecule has 0 aromatic carbocycles. The Morgan fingerprint density at radius 2 is 2.05 bits per heavy atom. The van der Waals surface area contributed by atoms with Crippen LogP contribution in [0.25, 0.3) is 0 Å². The van der Waals surface area contributed by atoms with E-state index in [2.05, 4.69) is 27.5 Å². The predicted octanol–water partition coefficient (Wildman–Crippen LogP) is 2.76. The van der Waals surface area contributed by atoms with Crippen molar-refractivity contribution in [1.82, 2.24) is 20.6 Å². The molecule has 2 aliphatic rings. The molecule has 21 heavy (non-hydrogen) atoms. The van der Waals surface area contributed by atoms with Crippen LogP contribution in [-0.4, -0.2) is 28.6 Å². The van der Waals surface area contributed by atoms with Crippen LogP contribution in [0, 0.1) is 0 Å². The Balaban J connectivity index is 1.59. The molecule has 0 spiro atoms. The van der Waals surface area contributed by atoms with E-state index in [1.54, 1.807) is 0 Å². The molecule has 0 amide bonds. The van der Waals surface area contributed by atoms with E-state index in [9.17, 15) is 0 Å². The van der Waals surface area contributed by atoms with Crippen LogP contribution in [0.3, 0.4) is 0 Å². The van der Waals surface area contributed by atoms with Crippen molar-refractivity contribution in [1.29, 1.82) is 0 Å². The second-order valence-corrected chi connectivity index (χ2v) is 6.79. The first-order valence-electron chi connectivity index (χ1n) is 8.57. The highest BCUT2D eigenvalue weighted by Gasteiger charge is 2.42. The number of nitrogens with one attached hydrogen (secondary N) is 2. The summed E-state index contributed by atoms with van der Waals surface area (Å²) in [6, 6.07) is 3.07. The summed E-state index contributed by atoms with van der Waals surface area (Å²) in [5.41, 5.74) is 0.0331. The number of nitrogens with zero attached hydrogens (tertiary/aromatic N) is 2. The van der Waals surface area contributed by atoms with Gasteiger partial charge in [-0.15, -0.1) is 0 Å². The van der Waals surface area contributed by atoms with Crippen molar-refractivity contribution in [3.8, 4) is 0 Å². The third kappa shape index (κ3) is 3.61. The average molecular weight is 288 g/mol. The van der Waals surface area contributed by atoms with Crippen molar-refractivity contribution < 1.29 is 0 Å². The Hall–Kier alpha value is -1.00. The lowest BCUT2D eigenvalue weighted by Crippen LogP contribution is -2.53. The van der Waals surface area contributed by atoms with Crippen molar-refractivity contribution in [2.45, 2.75) is 75.9 Å². The first-order chi connectivity index (χ1) is 10.3. The molecule has 1 saturated carbocycles. The molecule has 2 heterocycles. The molecule has 1 aliphatic carbocycles. The van der Waals surface area contributed by atoms with Gasteiger partial charge >= 0.3 is 0 Å². The van der Waals surface area contributed by atoms with E-state index in [4.69, 9.17) is 0 Å². The lowest BCUT2D eigenvalue weighted by atomic mass is 9.75. The van der Waals surface area contributed by atoms with Crippen LogP contribution in [0.2, 0.25) is 0 Å². The van der Waals surface area contributed by atoms with Gasteiger partial charge in [0.25, 0.3) is 0 Å². The van der Waals surface area contributed by atoms with Crippen LogP contribution in [0.1, 0.15) is 64.1 Å². The molecule has 1 saturated heterocycles. The zero-order chi connectivity index (χ0) is 14.5. The van der Waals surface area contributed by atoms with Gasteiger partial charge in [-0.25, -0.2) is 9.97 Å². The molecule has 0 radical (unpaired) electrons. The SMILES string of the molecule is CC(CC1CCCCCN1)NC1(c2ncccn2)CCC1. The Labute approximate surface area is 128 Å². The van der Waals surface area contributed by atoms with Gasteiger partial charge in [0.1, 0.15) is 5.82 Å².